The van der Waals surface area contributed by atoms with Gasteiger partial charge >= 0.3 is 0 Å². The lowest BCUT2D eigenvalue weighted by molar-refractivity contribution is -0.119. The molecule has 3 rings (SSSR count). The first-order chi connectivity index (χ1) is 11.5. The Kier molecular flexibility index (Phi) is 4.55. The van der Waals surface area contributed by atoms with Crippen LogP contribution in [0, 0.1) is 5.92 Å². The monoisotopic (exact) mass is 328 g/mol. The molecule has 1 aromatic carbocycles. The normalized spacial score (nSPS) is 20.2. The molecule has 128 valence electrons. The van der Waals surface area contributed by atoms with Crippen LogP contribution in [0.5, 0.6) is 0 Å². The van der Waals surface area contributed by atoms with E-state index in [-0.39, 0.29) is 17.9 Å². The third kappa shape index (κ3) is 3.27. The zero-order valence-corrected chi connectivity index (χ0v) is 14.4. The second-order valence-electron chi connectivity index (χ2n) is 6.93. The van der Waals surface area contributed by atoms with Crippen LogP contribution in [-0.2, 0) is 17.8 Å². The van der Waals surface area contributed by atoms with Gasteiger partial charge in [0.2, 0.25) is 11.8 Å². The topological polar surface area (TPSA) is 85.3 Å². The van der Waals surface area contributed by atoms with Crippen LogP contribution in [0.3, 0.4) is 0 Å². The molecule has 6 nitrogen and oxygen atoms in total. The van der Waals surface area contributed by atoms with E-state index in [0.29, 0.717) is 30.6 Å². The van der Waals surface area contributed by atoms with Gasteiger partial charge < -0.3 is 15.2 Å². The van der Waals surface area contributed by atoms with Crippen LogP contribution in [0.1, 0.15) is 50.4 Å². The van der Waals surface area contributed by atoms with Gasteiger partial charge in [-0.25, -0.2) is 0 Å². The minimum atomic E-state index is -0.271. The summed E-state index contributed by atoms with van der Waals surface area (Å²) < 4.78 is 5.34. The van der Waals surface area contributed by atoms with Gasteiger partial charge in [0.15, 0.2) is 5.82 Å². The molecule has 1 aromatic heterocycles. The molecular weight excluding hydrogens is 304 g/mol. The predicted octanol–water partition coefficient (Wildman–Crippen LogP) is 2.64. The number of anilines is 1. The smallest absolute Gasteiger partial charge is 0.226 e. The largest absolute Gasteiger partial charge is 0.369 e. The summed E-state index contributed by atoms with van der Waals surface area (Å²) in [5.74, 6) is 1.31. The summed E-state index contributed by atoms with van der Waals surface area (Å²) in [6.45, 7) is 6.90. The molecule has 0 spiro atoms. The van der Waals surface area contributed by atoms with Gasteiger partial charge in [-0.15, -0.1) is 0 Å². The van der Waals surface area contributed by atoms with E-state index in [9.17, 15) is 4.79 Å². The van der Waals surface area contributed by atoms with Crippen LogP contribution >= 0.6 is 0 Å². The second-order valence-corrected chi connectivity index (χ2v) is 6.93. The van der Waals surface area contributed by atoms with Crippen molar-refractivity contribution >= 4 is 11.6 Å². The third-order valence-electron chi connectivity index (χ3n) is 4.48. The van der Waals surface area contributed by atoms with E-state index < -0.39 is 0 Å². The maximum absolute atomic E-state index is 11.8. The average Bonchev–Trinajstić information content (AvgIpc) is 2.96. The Balaban J connectivity index is 1.86. The Bertz CT molecular complexity index is 725. The number of carbonyl (C=O) groups is 1. The van der Waals surface area contributed by atoms with Gasteiger partial charge in [0.1, 0.15) is 0 Å². The summed E-state index contributed by atoms with van der Waals surface area (Å²) in [5, 5.41) is 4.11. The molecule has 24 heavy (non-hydrogen) atoms. The van der Waals surface area contributed by atoms with Crippen molar-refractivity contribution in [2.24, 2.45) is 11.7 Å². The quantitative estimate of drug-likeness (QED) is 0.912. The van der Waals surface area contributed by atoms with Crippen molar-refractivity contribution in [2.45, 2.75) is 52.1 Å². The van der Waals surface area contributed by atoms with Crippen molar-refractivity contribution in [3.63, 3.8) is 0 Å². The molecule has 0 saturated carbocycles. The molecule has 2 unspecified atom stereocenters. The maximum atomic E-state index is 11.8. The van der Waals surface area contributed by atoms with Crippen LogP contribution in [0.15, 0.2) is 28.8 Å². The van der Waals surface area contributed by atoms with Crippen molar-refractivity contribution in [3.8, 4) is 0 Å². The van der Waals surface area contributed by atoms with Crippen molar-refractivity contribution in [1.82, 2.24) is 10.1 Å². The van der Waals surface area contributed by atoms with Gasteiger partial charge in [0.25, 0.3) is 0 Å². The van der Waals surface area contributed by atoms with Crippen LogP contribution < -0.4 is 10.6 Å². The van der Waals surface area contributed by atoms with E-state index in [2.05, 4.69) is 35.8 Å². The molecule has 1 amide bonds. The predicted molar refractivity (Wildman–Crippen MR) is 91.5 cm³/mol. The number of nitrogens with two attached hydrogens (primary N) is 1. The summed E-state index contributed by atoms with van der Waals surface area (Å²) in [5.41, 5.74) is 7.60. The van der Waals surface area contributed by atoms with E-state index >= 15 is 0 Å². The van der Waals surface area contributed by atoms with Crippen molar-refractivity contribution < 1.29 is 9.32 Å². The van der Waals surface area contributed by atoms with E-state index in [1.807, 2.05) is 24.3 Å². The Hall–Kier alpha value is -2.37. The highest BCUT2D eigenvalue weighted by Crippen LogP contribution is 2.38. The zero-order chi connectivity index (χ0) is 17.3. The van der Waals surface area contributed by atoms with Crippen LogP contribution in [0.25, 0.3) is 0 Å². The highest BCUT2D eigenvalue weighted by molar-refractivity contribution is 5.85. The Morgan fingerprint density at radius 1 is 1.42 bits per heavy atom. The molecule has 2 atom stereocenters. The van der Waals surface area contributed by atoms with Gasteiger partial charge in [0, 0.05) is 18.2 Å². The number of fused-ring (bicyclic) bond motifs is 1. The third-order valence-corrected chi connectivity index (χ3v) is 4.48. The fourth-order valence-corrected chi connectivity index (χ4v) is 3.33. The average molecular weight is 328 g/mol. The first-order valence-corrected chi connectivity index (χ1v) is 8.42. The number of amides is 1. The molecule has 0 saturated heterocycles. The Morgan fingerprint density at radius 3 is 2.88 bits per heavy atom. The molecule has 0 radical (unpaired) electrons. The molecule has 0 bridgehead atoms. The standard InChI is InChI=1S/C18H24N4O2/c1-11(2)8-17-20-16(21-24-17)10-22-12(3)9-14(18(19)23)13-6-4-5-7-15(13)22/h4-7,11-12,14H,8-10H2,1-3H3,(H2,19,23). The molecule has 6 heteroatoms. The fourth-order valence-electron chi connectivity index (χ4n) is 3.33. The SMILES string of the molecule is CC(C)Cc1nc(CN2c3ccccc3C(C(N)=O)CC2C)no1. The lowest BCUT2D eigenvalue weighted by Crippen LogP contribution is -2.41. The molecule has 2 aromatic rings. The van der Waals surface area contributed by atoms with E-state index in [0.717, 1.165) is 17.7 Å². The number of para-hydroxylation sites is 1. The van der Waals surface area contributed by atoms with E-state index in [1.165, 1.54) is 0 Å². The summed E-state index contributed by atoms with van der Waals surface area (Å²) in [4.78, 5) is 18.5. The minimum absolute atomic E-state index is 0.171. The first-order valence-electron chi connectivity index (χ1n) is 8.42. The molecule has 1 aliphatic heterocycles. The molecule has 2 N–H and O–H groups in total. The van der Waals surface area contributed by atoms with Gasteiger partial charge in [-0.2, -0.15) is 4.98 Å². The van der Waals surface area contributed by atoms with Gasteiger partial charge in [-0.3, -0.25) is 4.79 Å². The number of rotatable bonds is 5. The number of carbonyl (C=O) groups excluding carboxylic acids is 1. The van der Waals surface area contributed by atoms with Gasteiger partial charge in [0.05, 0.1) is 12.5 Å². The lowest BCUT2D eigenvalue weighted by atomic mass is 9.85. The highest BCUT2D eigenvalue weighted by Gasteiger charge is 2.33. The minimum Gasteiger partial charge on any atom is -0.369 e. The molecule has 1 aliphatic rings. The van der Waals surface area contributed by atoms with Gasteiger partial charge in [-0.05, 0) is 30.9 Å². The van der Waals surface area contributed by atoms with Crippen molar-refractivity contribution in [2.75, 3.05) is 4.90 Å². The molecule has 0 fully saturated rings. The van der Waals surface area contributed by atoms with E-state index in [1.54, 1.807) is 0 Å². The van der Waals surface area contributed by atoms with E-state index in [4.69, 9.17) is 10.3 Å². The number of hydrogen-bond donors (Lipinski definition) is 1. The number of aromatic nitrogens is 2. The summed E-state index contributed by atoms with van der Waals surface area (Å²) >= 11 is 0. The molecular formula is C18H24N4O2. The number of hydrogen-bond acceptors (Lipinski definition) is 5. The maximum Gasteiger partial charge on any atom is 0.226 e. The zero-order valence-electron chi connectivity index (χ0n) is 14.4. The Morgan fingerprint density at radius 2 is 2.17 bits per heavy atom. The van der Waals surface area contributed by atoms with Crippen LogP contribution in [0.4, 0.5) is 5.69 Å². The summed E-state index contributed by atoms with van der Waals surface area (Å²) in [6.07, 6.45) is 1.48. The van der Waals surface area contributed by atoms with Gasteiger partial charge in [-0.1, -0.05) is 37.2 Å². The summed E-state index contributed by atoms with van der Waals surface area (Å²) in [7, 11) is 0. The Labute approximate surface area is 142 Å². The molecule has 2 heterocycles. The number of benzene rings is 1. The number of nitrogens with zero attached hydrogens (tertiary/aromatic N) is 3. The van der Waals surface area contributed by atoms with Crippen molar-refractivity contribution in [1.29, 1.82) is 0 Å². The molecule has 0 aliphatic carbocycles. The lowest BCUT2D eigenvalue weighted by Gasteiger charge is -2.39. The fraction of sp³-hybridized carbons (Fsp3) is 0.500. The second kappa shape index (κ2) is 6.63. The van der Waals surface area contributed by atoms with Crippen LogP contribution in [-0.4, -0.2) is 22.1 Å². The van der Waals surface area contributed by atoms with Crippen LogP contribution in [0.2, 0.25) is 0 Å². The first kappa shape index (κ1) is 16.5. The number of primary amides is 1. The van der Waals surface area contributed by atoms with Crippen molar-refractivity contribution in [3.05, 3.63) is 41.5 Å². The highest BCUT2D eigenvalue weighted by atomic mass is 16.5. The summed E-state index contributed by atoms with van der Waals surface area (Å²) in [6, 6.07) is 8.09.